The highest BCUT2D eigenvalue weighted by Crippen LogP contribution is 2.35. The Bertz CT molecular complexity index is 689. The van der Waals surface area contributed by atoms with Crippen molar-refractivity contribution in [2.45, 2.75) is 33.0 Å². The number of fused-ring (bicyclic) bond motifs is 1. The van der Waals surface area contributed by atoms with Crippen molar-refractivity contribution < 1.29 is 0 Å². The largest absolute Gasteiger partial charge is 0.331 e. The molecule has 6 heteroatoms. The van der Waals surface area contributed by atoms with Gasteiger partial charge in [-0.25, -0.2) is 4.68 Å². The number of nitrogens with two attached hydrogens (primary N) is 1. The number of benzene rings is 1. The Morgan fingerprint density at radius 2 is 2.09 bits per heavy atom. The van der Waals surface area contributed by atoms with Gasteiger partial charge in [0.05, 0.1) is 11.9 Å². The van der Waals surface area contributed by atoms with Crippen molar-refractivity contribution in [1.29, 1.82) is 0 Å². The molecular formula is C16H20ClN5. The summed E-state index contributed by atoms with van der Waals surface area (Å²) >= 11 is 5.98. The molecule has 1 aromatic heterocycles. The summed E-state index contributed by atoms with van der Waals surface area (Å²) in [6, 6.07) is 7.65. The van der Waals surface area contributed by atoms with Crippen molar-refractivity contribution >= 4 is 23.8 Å². The maximum atomic E-state index is 6.17. The van der Waals surface area contributed by atoms with Gasteiger partial charge in [0.25, 0.3) is 0 Å². The average Bonchev–Trinajstić information content (AvgIpc) is 2.88. The molecule has 3 N–H and O–H groups in total. The van der Waals surface area contributed by atoms with Crippen LogP contribution in [0.25, 0.3) is 11.3 Å². The fourth-order valence-corrected chi connectivity index (χ4v) is 2.66. The number of nitrogens with zero attached hydrogens (tertiary/aromatic N) is 3. The first-order valence-corrected chi connectivity index (χ1v) is 7.88. The molecule has 2 heterocycles. The van der Waals surface area contributed by atoms with Gasteiger partial charge in [-0.2, -0.15) is 5.10 Å². The van der Waals surface area contributed by atoms with E-state index < -0.39 is 6.17 Å². The van der Waals surface area contributed by atoms with Gasteiger partial charge in [0.2, 0.25) is 0 Å². The SMILES string of the molecule is CCC(C)Cn1nc(-c2ccc(Cl)cc2)c2c1NC=NC2N. The molecule has 0 bridgehead atoms. The highest BCUT2D eigenvalue weighted by molar-refractivity contribution is 6.30. The van der Waals surface area contributed by atoms with E-state index in [0.717, 1.165) is 35.6 Å². The van der Waals surface area contributed by atoms with E-state index in [1.807, 2.05) is 28.9 Å². The topological polar surface area (TPSA) is 68.2 Å². The van der Waals surface area contributed by atoms with E-state index in [4.69, 9.17) is 22.4 Å². The Morgan fingerprint density at radius 3 is 2.77 bits per heavy atom. The van der Waals surface area contributed by atoms with Crippen LogP contribution >= 0.6 is 11.6 Å². The van der Waals surface area contributed by atoms with Crippen molar-refractivity contribution in [2.75, 3.05) is 5.32 Å². The number of rotatable bonds is 4. The van der Waals surface area contributed by atoms with Gasteiger partial charge in [-0.3, -0.25) is 4.99 Å². The maximum Gasteiger partial charge on any atom is 0.136 e. The first kappa shape index (κ1) is 15.1. The van der Waals surface area contributed by atoms with E-state index in [0.29, 0.717) is 10.9 Å². The summed E-state index contributed by atoms with van der Waals surface area (Å²) in [6.45, 7) is 5.24. The third-order valence-corrected chi connectivity index (χ3v) is 4.27. The van der Waals surface area contributed by atoms with Crippen LogP contribution in [0.1, 0.15) is 32.0 Å². The van der Waals surface area contributed by atoms with Gasteiger partial charge in [-0.15, -0.1) is 0 Å². The van der Waals surface area contributed by atoms with Gasteiger partial charge < -0.3 is 11.1 Å². The average molecular weight is 318 g/mol. The second kappa shape index (κ2) is 6.10. The number of aromatic nitrogens is 2. The zero-order chi connectivity index (χ0) is 15.7. The smallest absolute Gasteiger partial charge is 0.136 e. The summed E-state index contributed by atoms with van der Waals surface area (Å²) in [5.74, 6) is 1.48. The number of nitrogens with one attached hydrogen (secondary N) is 1. The number of halogens is 1. The van der Waals surface area contributed by atoms with Gasteiger partial charge in [-0.1, -0.05) is 44.0 Å². The van der Waals surface area contributed by atoms with Gasteiger partial charge >= 0.3 is 0 Å². The third-order valence-electron chi connectivity index (χ3n) is 4.02. The minimum absolute atomic E-state index is 0.396. The number of hydrogen-bond donors (Lipinski definition) is 2. The van der Waals surface area contributed by atoms with Crippen LogP contribution in [0.5, 0.6) is 0 Å². The Hall–Kier alpha value is -1.85. The summed E-state index contributed by atoms with van der Waals surface area (Å²) < 4.78 is 2.00. The minimum Gasteiger partial charge on any atom is -0.331 e. The number of aliphatic imine (C=N–C) groups is 1. The quantitative estimate of drug-likeness (QED) is 0.904. The summed E-state index contributed by atoms with van der Waals surface area (Å²) in [4.78, 5) is 4.25. The zero-order valence-electron chi connectivity index (χ0n) is 12.8. The molecule has 1 aromatic carbocycles. The van der Waals surface area contributed by atoms with Gasteiger partial charge in [0.15, 0.2) is 0 Å². The lowest BCUT2D eigenvalue weighted by atomic mass is 10.1. The molecule has 0 fully saturated rings. The van der Waals surface area contributed by atoms with Crippen LogP contribution in [-0.4, -0.2) is 16.1 Å². The maximum absolute atomic E-state index is 6.17. The van der Waals surface area contributed by atoms with Crippen molar-refractivity contribution in [2.24, 2.45) is 16.6 Å². The normalized spacial score (nSPS) is 17.9. The summed E-state index contributed by atoms with van der Waals surface area (Å²) in [5.41, 5.74) is 8.98. The molecule has 0 radical (unpaired) electrons. The van der Waals surface area contributed by atoms with Gasteiger partial charge in [-0.05, 0) is 18.1 Å². The molecule has 0 amide bonds. The third kappa shape index (κ3) is 2.74. The van der Waals surface area contributed by atoms with Crippen molar-refractivity contribution in [1.82, 2.24) is 9.78 Å². The standard InChI is InChI=1S/C16H20ClN5/c1-3-10(2)8-22-16-13(15(18)19-9-20-16)14(21-22)11-4-6-12(17)7-5-11/h4-7,9-10,15H,3,8,18H2,1-2H3,(H,19,20). The van der Waals surface area contributed by atoms with Crippen molar-refractivity contribution in [3.05, 3.63) is 34.9 Å². The lowest BCUT2D eigenvalue weighted by Gasteiger charge is -2.17. The minimum atomic E-state index is -0.396. The summed E-state index contributed by atoms with van der Waals surface area (Å²) in [6.07, 6.45) is 2.35. The first-order valence-electron chi connectivity index (χ1n) is 7.50. The highest BCUT2D eigenvalue weighted by Gasteiger charge is 2.26. The molecule has 0 saturated heterocycles. The fourth-order valence-electron chi connectivity index (χ4n) is 2.54. The molecule has 22 heavy (non-hydrogen) atoms. The molecule has 2 atom stereocenters. The molecule has 0 saturated carbocycles. The molecule has 2 aromatic rings. The molecule has 1 aliphatic rings. The summed E-state index contributed by atoms with van der Waals surface area (Å²) in [7, 11) is 0. The zero-order valence-corrected chi connectivity index (χ0v) is 13.5. The lowest BCUT2D eigenvalue weighted by Crippen LogP contribution is -2.19. The second-order valence-electron chi connectivity index (χ2n) is 5.68. The molecule has 0 aliphatic carbocycles. The predicted molar refractivity (Wildman–Crippen MR) is 91.2 cm³/mol. The van der Waals surface area contributed by atoms with Crippen molar-refractivity contribution in [3.63, 3.8) is 0 Å². The number of anilines is 1. The van der Waals surface area contributed by atoms with E-state index in [9.17, 15) is 0 Å². The molecule has 5 nitrogen and oxygen atoms in total. The molecule has 3 rings (SSSR count). The first-order chi connectivity index (χ1) is 10.6. The van der Waals surface area contributed by atoms with E-state index in [1.165, 1.54) is 0 Å². The van der Waals surface area contributed by atoms with Crippen LogP contribution in [0, 0.1) is 5.92 Å². The number of hydrogen-bond acceptors (Lipinski definition) is 4. The van der Waals surface area contributed by atoms with E-state index in [2.05, 4.69) is 24.2 Å². The Labute approximate surface area is 135 Å². The van der Waals surface area contributed by atoms with Crippen LogP contribution in [0.2, 0.25) is 5.02 Å². The summed E-state index contributed by atoms with van der Waals surface area (Å²) in [5, 5.41) is 8.68. The molecule has 0 spiro atoms. The van der Waals surface area contributed by atoms with E-state index in [-0.39, 0.29) is 0 Å². The molecule has 2 unspecified atom stereocenters. The van der Waals surface area contributed by atoms with Crippen LogP contribution in [0.4, 0.5) is 5.82 Å². The Morgan fingerprint density at radius 1 is 1.36 bits per heavy atom. The second-order valence-corrected chi connectivity index (χ2v) is 6.12. The van der Waals surface area contributed by atoms with E-state index in [1.54, 1.807) is 6.34 Å². The Balaban J connectivity index is 2.08. The van der Waals surface area contributed by atoms with Gasteiger partial charge in [0.1, 0.15) is 17.7 Å². The fraction of sp³-hybridized carbons (Fsp3) is 0.375. The molecular weight excluding hydrogens is 298 g/mol. The van der Waals surface area contributed by atoms with Crippen molar-refractivity contribution in [3.8, 4) is 11.3 Å². The van der Waals surface area contributed by atoms with Crippen LogP contribution in [0.15, 0.2) is 29.3 Å². The van der Waals surface area contributed by atoms with E-state index >= 15 is 0 Å². The lowest BCUT2D eigenvalue weighted by molar-refractivity contribution is 0.443. The highest BCUT2D eigenvalue weighted by atomic mass is 35.5. The van der Waals surface area contributed by atoms with Crippen LogP contribution in [0.3, 0.4) is 0 Å². The molecule has 1 aliphatic heterocycles. The van der Waals surface area contributed by atoms with Gasteiger partial charge in [0, 0.05) is 17.1 Å². The molecule has 116 valence electrons. The monoisotopic (exact) mass is 317 g/mol. The predicted octanol–water partition coefficient (Wildman–Crippen LogP) is 3.66. The van der Waals surface area contributed by atoms with Crippen LogP contribution < -0.4 is 11.1 Å². The Kier molecular flexibility index (Phi) is 4.18. The van der Waals surface area contributed by atoms with Crippen LogP contribution in [-0.2, 0) is 6.54 Å².